The van der Waals surface area contributed by atoms with Crippen molar-refractivity contribution >= 4 is 17.8 Å². The highest BCUT2D eigenvalue weighted by atomic mass is 16.5. The molecule has 2 aliphatic rings. The van der Waals surface area contributed by atoms with Crippen molar-refractivity contribution in [1.29, 1.82) is 0 Å². The fourth-order valence-corrected chi connectivity index (χ4v) is 4.26. The van der Waals surface area contributed by atoms with Crippen LogP contribution in [-0.4, -0.2) is 41.4 Å². The molecule has 9 heteroatoms. The van der Waals surface area contributed by atoms with Gasteiger partial charge in [0, 0.05) is 18.3 Å². The van der Waals surface area contributed by atoms with Crippen molar-refractivity contribution in [1.82, 2.24) is 20.5 Å². The van der Waals surface area contributed by atoms with Gasteiger partial charge in [0.05, 0.1) is 19.3 Å². The number of urea groups is 1. The van der Waals surface area contributed by atoms with E-state index in [9.17, 15) is 14.4 Å². The van der Waals surface area contributed by atoms with Crippen molar-refractivity contribution in [3.63, 3.8) is 0 Å². The van der Waals surface area contributed by atoms with E-state index in [-0.39, 0.29) is 12.5 Å². The van der Waals surface area contributed by atoms with Crippen molar-refractivity contribution in [2.24, 2.45) is 0 Å². The number of hydrogen-bond acceptors (Lipinski definition) is 6. The number of imide groups is 1. The summed E-state index contributed by atoms with van der Waals surface area (Å²) < 4.78 is 11.0. The molecule has 0 aliphatic carbocycles. The highest BCUT2D eigenvalue weighted by Crippen LogP contribution is 2.33. The second-order valence-electron chi connectivity index (χ2n) is 8.13. The third kappa shape index (κ3) is 3.81. The van der Waals surface area contributed by atoms with Gasteiger partial charge in [-0.15, -0.1) is 0 Å². The average molecular weight is 458 g/mol. The van der Waals surface area contributed by atoms with E-state index in [4.69, 9.17) is 9.47 Å². The molecule has 0 bridgehead atoms. The number of benzene rings is 2. The molecule has 1 atom stereocenters. The number of ether oxygens (including phenoxy) is 2. The van der Waals surface area contributed by atoms with Gasteiger partial charge in [-0.1, -0.05) is 24.3 Å². The molecule has 0 spiro atoms. The molecule has 1 saturated heterocycles. The molecule has 2 aliphatic heterocycles. The van der Waals surface area contributed by atoms with Crippen LogP contribution in [0, 0.1) is 0 Å². The summed E-state index contributed by atoms with van der Waals surface area (Å²) in [6.07, 6.45) is 1.70. The summed E-state index contributed by atoms with van der Waals surface area (Å²) in [5.74, 6) is 0.432. The lowest BCUT2D eigenvalue weighted by Crippen LogP contribution is -2.52. The molecule has 0 saturated carbocycles. The minimum Gasteiger partial charge on any atom is -0.497 e. The van der Waals surface area contributed by atoms with E-state index in [1.807, 2.05) is 24.3 Å². The van der Waals surface area contributed by atoms with Gasteiger partial charge in [0.2, 0.25) is 0 Å². The van der Waals surface area contributed by atoms with Crippen LogP contribution in [0.15, 0.2) is 66.9 Å². The predicted octanol–water partition coefficient (Wildman–Crippen LogP) is 2.36. The Morgan fingerprint density at radius 1 is 1.03 bits per heavy atom. The highest BCUT2D eigenvalue weighted by molar-refractivity contribution is 6.08. The average Bonchev–Trinajstić information content (AvgIpc) is 3.33. The van der Waals surface area contributed by atoms with Crippen LogP contribution in [0.4, 0.5) is 4.79 Å². The Morgan fingerprint density at radius 3 is 2.50 bits per heavy atom. The van der Waals surface area contributed by atoms with E-state index >= 15 is 0 Å². The van der Waals surface area contributed by atoms with Crippen molar-refractivity contribution in [3.8, 4) is 11.5 Å². The van der Waals surface area contributed by atoms with Crippen LogP contribution in [-0.2, 0) is 23.5 Å². The number of hydrogen-bond donors (Lipinski definition) is 2. The lowest BCUT2D eigenvalue weighted by Gasteiger charge is -2.31. The largest absolute Gasteiger partial charge is 0.497 e. The third-order valence-corrected chi connectivity index (χ3v) is 6.03. The molecule has 34 heavy (non-hydrogen) atoms. The number of amides is 4. The fraction of sp³-hybridized carbons (Fsp3) is 0.200. The Labute approximate surface area is 195 Å². The zero-order valence-corrected chi connectivity index (χ0v) is 18.4. The first-order chi connectivity index (χ1) is 16.5. The normalized spacial score (nSPS) is 19.0. The Bertz CT molecular complexity index is 1260. The number of carbonyl (C=O) groups excluding carboxylic acids is 3. The first-order valence-corrected chi connectivity index (χ1v) is 10.7. The maximum atomic E-state index is 13.1. The van der Waals surface area contributed by atoms with Gasteiger partial charge in [-0.3, -0.25) is 19.9 Å². The van der Waals surface area contributed by atoms with Gasteiger partial charge in [0.25, 0.3) is 11.8 Å². The molecule has 0 radical (unpaired) electrons. The standard InChI is InChI=1S/C25H22N4O5/c1-33-20-8-5-16-13-29(22(30)21(16)12-20)15-25(23(31)27-24(32)28-25)17-6-9-19(10-7-17)34-14-18-4-2-3-11-26-18/h2-12H,13-15H2,1H3,(H2,27,28,31,32)/t25-/m0/s1. The van der Waals surface area contributed by atoms with Crippen molar-refractivity contribution < 1.29 is 23.9 Å². The minimum atomic E-state index is -1.42. The lowest BCUT2D eigenvalue weighted by molar-refractivity contribution is -0.124. The summed E-state index contributed by atoms with van der Waals surface area (Å²) >= 11 is 0. The fourth-order valence-electron chi connectivity index (χ4n) is 4.26. The molecule has 9 nitrogen and oxygen atoms in total. The topological polar surface area (TPSA) is 110 Å². The van der Waals surface area contributed by atoms with Crippen LogP contribution in [0.5, 0.6) is 11.5 Å². The van der Waals surface area contributed by atoms with E-state index in [0.29, 0.717) is 35.8 Å². The summed E-state index contributed by atoms with van der Waals surface area (Å²) in [5.41, 5.74) is 1.27. The minimum absolute atomic E-state index is 0.0193. The Morgan fingerprint density at radius 2 is 1.82 bits per heavy atom. The number of rotatable bonds is 7. The van der Waals surface area contributed by atoms with Crippen LogP contribution in [0.3, 0.4) is 0 Å². The van der Waals surface area contributed by atoms with Crippen LogP contribution >= 0.6 is 0 Å². The van der Waals surface area contributed by atoms with Gasteiger partial charge < -0.3 is 19.7 Å². The van der Waals surface area contributed by atoms with Gasteiger partial charge in [-0.25, -0.2) is 4.79 Å². The molecule has 172 valence electrons. The van der Waals surface area contributed by atoms with E-state index in [1.54, 1.807) is 47.5 Å². The number of nitrogens with one attached hydrogen (secondary N) is 2. The zero-order valence-electron chi connectivity index (χ0n) is 18.4. The Hall–Kier alpha value is -4.40. The first-order valence-electron chi connectivity index (χ1n) is 10.7. The van der Waals surface area contributed by atoms with E-state index in [2.05, 4.69) is 15.6 Å². The van der Waals surface area contributed by atoms with Gasteiger partial charge in [-0.2, -0.15) is 0 Å². The van der Waals surface area contributed by atoms with Crippen LogP contribution in [0.2, 0.25) is 0 Å². The predicted molar refractivity (Wildman–Crippen MR) is 121 cm³/mol. The summed E-state index contributed by atoms with van der Waals surface area (Å²) in [6, 6.07) is 17.2. The van der Waals surface area contributed by atoms with Crippen molar-refractivity contribution in [2.45, 2.75) is 18.7 Å². The molecule has 2 aromatic carbocycles. The molecule has 3 aromatic rings. The molecule has 5 rings (SSSR count). The number of nitrogens with zero attached hydrogens (tertiary/aromatic N) is 2. The second kappa shape index (κ2) is 8.51. The number of methoxy groups -OCH3 is 1. The molecule has 4 amide bonds. The lowest BCUT2D eigenvalue weighted by atomic mass is 9.89. The zero-order chi connectivity index (χ0) is 23.7. The SMILES string of the molecule is COc1ccc2c(c1)C(=O)N(C[C@@]1(c3ccc(OCc4ccccn4)cc3)NC(=O)NC1=O)C2. The number of aromatic nitrogens is 1. The molecular weight excluding hydrogens is 436 g/mol. The smallest absolute Gasteiger partial charge is 0.322 e. The van der Waals surface area contributed by atoms with Gasteiger partial charge in [-0.05, 0) is 47.5 Å². The van der Waals surface area contributed by atoms with Gasteiger partial charge in [0.15, 0.2) is 5.54 Å². The molecule has 0 unspecified atom stereocenters. The van der Waals surface area contributed by atoms with Crippen molar-refractivity contribution in [2.75, 3.05) is 13.7 Å². The summed E-state index contributed by atoms with van der Waals surface area (Å²) in [6.45, 7) is 0.607. The summed E-state index contributed by atoms with van der Waals surface area (Å²) in [4.78, 5) is 44.0. The van der Waals surface area contributed by atoms with Crippen LogP contribution < -0.4 is 20.1 Å². The molecular formula is C25H22N4O5. The van der Waals surface area contributed by atoms with E-state index in [0.717, 1.165) is 11.3 Å². The summed E-state index contributed by atoms with van der Waals surface area (Å²) in [5, 5.41) is 5.05. The molecule has 3 heterocycles. The maximum absolute atomic E-state index is 13.1. The Kier molecular flexibility index (Phi) is 5.37. The van der Waals surface area contributed by atoms with E-state index < -0.39 is 17.5 Å². The molecule has 1 fully saturated rings. The van der Waals surface area contributed by atoms with Gasteiger partial charge in [0.1, 0.15) is 18.1 Å². The Balaban J connectivity index is 1.38. The first kappa shape index (κ1) is 21.4. The molecule has 2 N–H and O–H groups in total. The summed E-state index contributed by atoms with van der Waals surface area (Å²) in [7, 11) is 1.54. The van der Waals surface area contributed by atoms with E-state index in [1.165, 1.54) is 7.11 Å². The number of fused-ring (bicyclic) bond motifs is 1. The second-order valence-corrected chi connectivity index (χ2v) is 8.13. The van der Waals surface area contributed by atoms with Crippen molar-refractivity contribution in [3.05, 3.63) is 89.2 Å². The van der Waals surface area contributed by atoms with Crippen LogP contribution in [0.1, 0.15) is 27.2 Å². The molecule has 1 aromatic heterocycles. The van der Waals surface area contributed by atoms with Gasteiger partial charge >= 0.3 is 6.03 Å². The highest BCUT2D eigenvalue weighted by Gasteiger charge is 2.50. The third-order valence-electron chi connectivity index (χ3n) is 6.03. The maximum Gasteiger partial charge on any atom is 0.322 e. The van der Waals surface area contributed by atoms with Crippen LogP contribution in [0.25, 0.3) is 0 Å². The number of pyridine rings is 1. The quantitative estimate of drug-likeness (QED) is 0.526. The monoisotopic (exact) mass is 458 g/mol. The number of carbonyl (C=O) groups is 3.